The Balaban J connectivity index is 1.08. The highest BCUT2D eigenvalue weighted by atomic mass is 32.1. The van der Waals surface area contributed by atoms with Crippen LogP contribution in [0.15, 0.2) is 212 Å². The van der Waals surface area contributed by atoms with Gasteiger partial charge in [-0.05, 0) is 123 Å². The molecule has 0 spiro atoms. The van der Waals surface area contributed by atoms with Crippen molar-refractivity contribution in [3.63, 3.8) is 0 Å². The number of nitrogens with zero attached hydrogens (tertiary/aromatic N) is 2. The molecule has 0 fully saturated rings. The van der Waals surface area contributed by atoms with Crippen molar-refractivity contribution in [1.29, 1.82) is 0 Å². The highest BCUT2D eigenvalue weighted by Gasteiger charge is 2.30. The van der Waals surface area contributed by atoms with E-state index in [0.29, 0.717) is 0 Å². The van der Waals surface area contributed by atoms with Crippen molar-refractivity contribution in [2.75, 3.05) is 9.80 Å². The lowest BCUT2D eigenvalue weighted by Gasteiger charge is -2.36. The third kappa shape index (κ3) is 5.54. The average Bonchev–Trinajstić information content (AvgIpc) is 3.61. The molecule has 266 valence electrons. The molecule has 56 heavy (non-hydrogen) atoms. The molecule has 0 amide bonds. The summed E-state index contributed by atoms with van der Waals surface area (Å²) < 4.78 is 2.57. The first-order valence-electron chi connectivity index (χ1n) is 19.4. The van der Waals surface area contributed by atoms with Gasteiger partial charge >= 0.3 is 0 Å². The molecule has 0 radical (unpaired) electrons. The van der Waals surface area contributed by atoms with Crippen molar-refractivity contribution in [1.82, 2.24) is 0 Å². The SMILES string of the molecule is CC12C=CC=CC1=CC(N(c1ccc3ccccc3c1)c1ccc3sc4ccc(N(c5ccc6ccccc6c5)c5ccc6ccccc6c5)cc4c3c1)=CC2. The number of thiophene rings is 1. The molecule has 0 saturated heterocycles. The number of benzene rings is 8. The fraction of sp³-hybridized carbons (Fsp3) is 0.0566. The van der Waals surface area contributed by atoms with E-state index < -0.39 is 0 Å². The maximum Gasteiger partial charge on any atom is 0.0468 e. The largest absolute Gasteiger partial charge is 0.311 e. The number of hydrogen-bond donors (Lipinski definition) is 0. The number of anilines is 5. The van der Waals surface area contributed by atoms with Crippen LogP contribution in [0.25, 0.3) is 52.5 Å². The summed E-state index contributed by atoms with van der Waals surface area (Å²) in [6.07, 6.45) is 14.7. The molecule has 1 aromatic heterocycles. The zero-order valence-electron chi connectivity index (χ0n) is 31.1. The summed E-state index contributed by atoms with van der Waals surface area (Å²) in [5.41, 5.74) is 8.28. The zero-order valence-corrected chi connectivity index (χ0v) is 31.9. The molecule has 11 rings (SSSR count). The fourth-order valence-electron chi connectivity index (χ4n) is 8.68. The summed E-state index contributed by atoms with van der Waals surface area (Å²) in [7, 11) is 0. The monoisotopic (exact) mass is 734 g/mol. The van der Waals surface area contributed by atoms with Crippen LogP contribution >= 0.6 is 11.3 Å². The molecular weight excluding hydrogens is 697 g/mol. The quantitative estimate of drug-likeness (QED) is 0.168. The van der Waals surface area contributed by atoms with Crippen LogP contribution in [0.5, 0.6) is 0 Å². The Hall–Kier alpha value is -6.68. The van der Waals surface area contributed by atoms with Gasteiger partial charge in [-0.2, -0.15) is 0 Å². The van der Waals surface area contributed by atoms with Crippen molar-refractivity contribution in [2.24, 2.45) is 5.41 Å². The molecule has 2 nitrogen and oxygen atoms in total. The first kappa shape index (κ1) is 32.7. The normalized spacial score (nSPS) is 16.4. The van der Waals surface area contributed by atoms with Crippen LogP contribution in [0, 0.1) is 5.41 Å². The Kier molecular flexibility index (Phi) is 7.58. The van der Waals surface area contributed by atoms with E-state index in [1.807, 2.05) is 11.3 Å². The minimum atomic E-state index is 0.0131. The summed E-state index contributed by atoms with van der Waals surface area (Å²) in [5, 5.41) is 9.93. The summed E-state index contributed by atoms with van der Waals surface area (Å²) in [6.45, 7) is 2.34. The van der Waals surface area contributed by atoms with Crippen LogP contribution in [-0.4, -0.2) is 0 Å². The molecule has 0 N–H and O–H groups in total. The van der Waals surface area contributed by atoms with Gasteiger partial charge in [0.15, 0.2) is 0 Å². The summed E-state index contributed by atoms with van der Waals surface area (Å²) >= 11 is 1.87. The second kappa shape index (κ2) is 13.0. The van der Waals surface area contributed by atoms with Crippen molar-refractivity contribution in [3.8, 4) is 0 Å². The third-order valence-corrected chi connectivity index (χ3v) is 12.9. The van der Waals surface area contributed by atoms with E-state index in [0.717, 1.165) is 34.9 Å². The fourth-order valence-corrected chi connectivity index (χ4v) is 9.74. The summed E-state index contributed by atoms with van der Waals surface area (Å²) in [4.78, 5) is 4.86. The smallest absolute Gasteiger partial charge is 0.0468 e. The lowest BCUT2D eigenvalue weighted by atomic mass is 9.73. The maximum absolute atomic E-state index is 2.45. The van der Waals surface area contributed by atoms with E-state index in [1.165, 1.54) is 63.8 Å². The van der Waals surface area contributed by atoms with E-state index in [4.69, 9.17) is 0 Å². The van der Waals surface area contributed by atoms with Gasteiger partial charge in [-0.25, -0.2) is 0 Å². The minimum Gasteiger partial charge on any atom is -0.311 e. The van der Waals surface area contributed by atoms with E-state index >= 15 is 0 Å². The Morgan fingerprint density at radius 1 is 0.464 bits per heavy atom. The Morgan fingerprint density at radius 3 is 1.45 bits per heavy atom. The van der Waals surface area contributed by atoms with Crippen molar-refractivity contribution in [3.05, 3.63) is 212 Å². The summed E-state index contributed by atoms with van der Waals surface area (Å²) in [6, 6.07) is 60.4. The van der Waals surface area contributed by atoms with Crippen molar-refractivity contribution < 1.29 is 0 Å². The van der Waals surface area contributed by atoms with E-state index in [9.17, 15) is 0 Å². The van der Waals surface area contributed by atoms with Crippen molar-refractivity contribution >= 4 is 92.3 Å². The molecular formula is C53H38N2S. The first-order chi connectivity index (χ1) is 27.6. The molecule has 0 saturated carbocycles. The highest BCUT2D eigenvalue weighted by Crippen LogP contribution is 2.46. The Morgan fingerprint density at radius 2 is 0.911 bits per heavy atom. The second-order valence-electron chi connectivity index (χ2n) is 15.3. The molecule has 0 bridgehead atoms. The van der Waals surface area contributed by atoms with E-state index in [1.54, 1.807) is 0 Å². The van der Waals surface area contributed by atoms with Crippen molar-refractivity contribution in [2.45, 2.75) is 13.3 Å². The second-order valence-corrected chi connectivity index (χ2v) is 16.4. The van der Waals surface area contributed by atoms with E-state index in [2.05, 4.69) is 217 Å². The molecule has 1 atom stereocenters. The van der Waals surface area contributed by atoms with Gasteiger partial charge in [-0.15, -0.1) is 11.3 Å². The van der Waals surface area contributed by atoms with Crippen LogP contribution in [0.3, 0.4) is 0 Å². The van der Waals surface area contributed by atoms with Crippen LogP contribution in [0.2, 0.25) is 0 Å². The first-order valence-corrected chi connectivity index (χ1v) is 20.2. The van der Waals surface area contributed by atoms with Gasteiger partial charge in [0.2, 0.25) is 0 Å². The molecule has 1 heterocycles. The Labute approximate surface area is 330 Å². The maximum atomic E-state index is 2.45. The van der Waals surface area contributed by atoms with Gasteiger partial charge in [0.25, 0.3) is 0 Å². The third-order valence-electron chi connectivity index (χ3n) is 11.7. The van der Waals surface area contributed by atoms with Gasteiger partial charge in [0, 0.05) is 59.7 Å². The van der Waals surface area contributed by atoms with Gasteiger partial charge in [-0.3, -0.25) is 0 Å². The molecule has 3 heteroatoms. The van der Waals surface area contributed by atoms with Gasteiger partial charge < -0.3 is 9.80 Å². The van der Waals surface area contributed by atoms with Crippen LogP contribution < -0.4 is 9.80 Å². The lowest BCUT2D eigenvalue weighted by Crippen LogP contribution is -2.24. The number of hydrogen-bond acceptors (Lipinski definition) is 3. The lowest BCUT2D eigenvalue weighted by molar-refractivity contribution is 0.523. The number of fused-ring (bicyclic) bond motifs is 7. The standard InChI is InChI=1S/C53H38N2S/c1-53-28-9-8-16-42(53)33-48(27-29-53)55(45-22-19-38-12-4-7-15-41(38)32-45)47-24-26-52-50(35-47)49-34-46(23-25-51(49)56-52)54(43-20-17-36-10-2-5-13-39(36)30-43)44-21-18-37-11-3-6-14-40(37)31-44/h2-28,30-35H,29H2,1H3. The molecule has 1 unspecified atom stereocenters. The average molecular weight is 735 g/mol. The summed E-state index contributed by atoms with van der Waals surface area (Å²) in [5.74, 6) is 0. The predicted octanol–water partition coefficient (Wildman–Crippen LogP) is 15.5. The van der Waals surface area contributed by atoms with Gasteiger partial charge in [0.1, 0.15) is 0 Å². The van der Waals surface area contributed by atoms with Crippen LogP contribution in [-0.2, 0) is 0 Å². The molecule has 0 aliphatic heterocycles. The number of allylic oxidation sites excluding steroid dienone is 7. The van der Waals surface area contributed by atoms with Gasteiger partial charge in [0.05, 0.1) is 0 Å². The van der Waals surface area contributed by atoms with Crippen LogP contribution in [0.4, 0.5) is 28.4 Å². The van der Waals surface area contributed by atoms with Crippen LogP contribution in [0.1, 0.15) is 13.3 Å². The topological polar surface area (TPSA) is 6.48 Å². The van der Waals surface area contributed by atoms with Gasteiger partial charge in [-0.1, -0.05) is 128 Å². The van der Waals surface area contributed by atoms with E-state index in [-0.39, 0.29) is 5.41 Å². The zero-order chi connectivity index (χ0) is 37.2. The number of rotatable bonds is 6. The molecule has 2 aliphatic rings. The molecule has 9 aromatic rings. The minimum absolute atomic E-state index is 0.0131. The highest BCUT2D eigenvalue weighted by molar-refractivity contribution is 7.25. The Bertz CT molecular complexity index is 3080. The molecule has 8 aromatic carbocycles. The predicted molar refractivity (Wildman–Crippen MR) is 242 cm³/mol. The molecule has 2 aliphatic carbocycles.